The standard InChI is InChI=1S/C19H25BrN2O3/c1-11(2)17-19(24-4)21-16(18(22-17)23-3)9-12-5-6-15(20)13-7-8-25-10-14(12)13/h5-6,11,16-17H,7-10H2,1-4H3/t16-,17+/m0/s1. The van der Waals surface area contributed by atoms with Gasteiger partial charge in [-0.3, -0.25) is 0 Å². The highest BCUT2D eigenvalue weighted by molar-refractivity contribution is 9.10. The molecule has 0 N–H and O–H groups in total. The summed E-state index contributed by atoms with van der Waals surface area (Å²) in [6.07, 6.45) is 1.66. The van der Waals surface area contributed by atoms with E-state index in [-0.39, 0.29) is 12.1 Å². The average molecular weight is 409 g/mol. The number of benzene rings is 1. The molecular formula is C19H25BrN2O3. The van der Waals surface area contributed by atoms with Crippen LogP contribution in [0.2, 0.25) is 0 Å². The maximum absolute atomic E-state index is 5.68. The Morgan fingerprint density at radius 1 is 1.16 bits per heavy atom. The van der Waals surface area contributed by atoms with Crippen LogP contribution < -0.4 is 0 Å². The molecule has 0 bridgehead atoms. The van der Waals surface area contributed by atoms with Gasteiger partial charge in [-0.1, -0.05) is 35.8 Å². The number of rotatable bonds is 3. The van der Waals surface area contributed by atoms with Crippen molar-refractivity contribution in [3.8, 4) is 0 Å². The molecule has 0 radical (unpaired) electrons. The third kappa shape index (κ3) is 3.75. The predicted octanol–water partition coefficient (Wildman–Crippen LogP) is 3.56. The quantitative estimate of drug-likeness (QED) is 0.767. The van der Waals surface area contributed by atoms with E-state index in [1.54, 1.807) is 14.2 Å². The summed E-state index contributed by atoms with van der Waals surface area (Å²) >= 11 is 3.66. The molecule has 1 aromatic carbocycles. The number of methoxy groups -OCH3 is 2. The number of nitrogens with zero attached hydrogens (tertiary/aromatic N) is 2. The summed E-state index contributed by atoms with van der Waals surface area (Å²) in [5.41, 5.74) is 3.83. The summed E-state index contributed by atoms with van der Waals surface area (Å²) in [6, 6.07) is 4.01. The van der Waals surface area contributed by atoms with Crippen LogP contribution in [0.25, 0.3) is 0 Å². The van der Waals surface area contributed by atoms with E-state index in [1.165, 1.54) is 16.7 Å². The van der Waals surface area contributed by atoms with Crippen LogP contribution in [0.5, 0.6) is 0 Å². The third-order valence-electron chi connectivity index (χ3n) is 4.76. The van der Waals surface area contributed by atoms with E-state index in [9.17, 15) is 0 Å². The van der Waals surface area contributed by atoms with Gasteiger partial charge in [0.15, 0.2) is 0 Å². The average Bonchev–Trinajstić information content (AvgIpc) is 2.63. The van der Waals surface area contributed by atoms with Gasteiger partial charge in [-0.15, -0.1) is 0 Å². The number of hydrogen-bond acceptors (Lipinski definition) is 5. The van der Waals surface area contributed by atoms with E-state index in [1.807, 2.05) is 0 Å². The number of halogens is 1. The predicted molar refractivity (Wildman–Crippen MR) is 103 cm³/mol. The maximum Gasteiger partial charge on any atom is 0.209 e. The Bertz CT molecular complexity index is 700. The molecule has 0 saturated heterocycles. The summed E-state index contributed by atoms with van der Waals surface area (Å²) in [7, 11) is 3.32. The summed E-state index contributed by atoms with van der Waals surface area (Å²) in [6.45, 7) is 5.63. The SMILES string of the molecule is COC1=N[C@H](C(C)C)C(OC)=N[C@H]1Cc1ccc(Br)c2c1COCC2. The number of fused-ring (bicyclic) bond motifs is 1. The minimum absolute atomic E-state index is 0.0848. The highest BCUT2D eigenvalue weighted by Gasteiger charge is 2.31. The van der Waals surface area contributed by atoms with Gasteiger partial charge in [-0.25, -0.2) is 9.98 Å². The van der Waals surface area contributed by atoms with Gasteiger partial charge in [-0.2, -0.15) is 0 Å². The van der Waals surface area contributed by atoms with Crippen molar-refractivity contribution in [3.63, 3.8) is 0 Å². The van der Waals surface area contributed by atoms with Crippen LogP contribution in [0.4, 0.5) is 0 Å². The molecule has 1 aromatic rings. The smallest absolute Gasteiger partial charge is 0.209 e. The van der Waals surface area contributed by atoms with Crippen molar-refractivity contribution in [1.82, 2.24) is 0 Å². The second kappa shape index (κ2) is 7.87. The molecule has 2 aliphatic rings. The van der Waals surface area contributed by atoms with Crippen LogP contribution in [-0.4, -0.2) is 44.7 Å². The molecule has 0 spiro atoms. The molecule has 0 amide bonds. The van der Waals surface area contributed by atoms with Gasteiger partial charge in [0, 0.05) is 10.9 Å². The van der Waals surface area contributed by atoms with Crippen molar-refractivity contribution in [3.05, 3.63) is 33.3 Å². The van der Waals surface area contributed by atoms with Crippen molar-refractivity contribution in [2.24, 2.45) is 15.9 Å². The van der Waals surface area contributed by atoms with Crippen molar-refractivity contribution in [2.75, 3.05) is 20.8 Å². The molecule has 3 rings (SSSR count). The molecule has 136 valence electrons. The topological polar surface area (TPSA) is 52.4 Å². The molecule has 0 fully saturated rings. The summed E-state index contributed by atoms with van der Waals surface area (Å²) in [5.74, 6) is 1.66. The lowest BCUT2D eigenvalue weighted by Crippen LogP contribution is -2.38. The van der Waals surface area contributed by atoms with Crippen molar-refractivity contribution >= 4 is 27.7 Å². The van der Waals surface area contributed by atoms with Crippen LogP contribution in [0, 0.1) is 5.92 Å². The zero-order valence-corrected chi connectivity index (χ0v) is 16.8. The summed E-state index contributed by atoms with van der Waals surface area (Å²) in [4.78, 5) is 9.57. The van der Waals surface area contributed by atoms with Gasteiger partial charge in [0.25, 0.3) is 0 Å². The first-order chi connectivity index (χ1) is 12.0. The molecular weight excluding hydrogens is 384 g/mol. The van der Waals surface area contributed by atoms with E-state index in [2.05, 4.69) is 41.9 Å². The molecule has 25 heavy (non-hydrogen) atoms. The number of hydrogen-bond donors (Lipinski definition) is 0. The van der Waals surface area contributed by atoms with Gasteiger partial charge < -0.3 is 14.2 Å². The van der Waals surface area contributed by atoms with Crippen molar-refractivity contribution < 1.29 is 14.2 Å². The van der Waals surface area contributed by atoms with Gasteiger partial charge in [0.2, 0.25) is 11.8 Å². The van der Waals surface area contributed by atoms with Gasteiger partial charge in [-0.05, 0) is 35.1 Å². The number of ether oxygens (including phenoxy) is 3. The Morgan fingerprint density at radius 3 is 2.60 bits per heavy atom. The fraction of sp³-hybridized carbons (Fsp3) is 0.579. The highest BCUT2D eigenvalue weighted by Crippen LogP contribution is 2.30. The van der Waals surface area contributed by atoms with Crippen LogP contribution in [0.15, 0.2) is 26.6 Å². The molecule has 0 aliphatic carbocycles. The third-order valence-corrected chi connectivity index (χ3v) is 5.51. The van der Waals surface area contributed by atoms with Gasteiger partial charge in [0.05, 0.1) is 27.4 Å². The first-order valence-electron chi connectivity index (χ1n) is 8.65. The fourth-order valence-electron chi connectivity index (χ4n) is 3.40. The zero-order chi connectivity index (χ0) is 18.0. The van der Waals surface area contributed by atoms with Crippen LogP contribution in [0.3, 0.4) is 0 Å². The molecule has 2 atom stereocenters. The Balaban J connectivity index is 1.92. The summed E-state index contributed by atoms with van der Waals surface area (Å²) in [5, 5.41) is 0. The summed E-state index contributed by atoms with van der Waals surface area (Å²) < 4.78 is 17.9. The van der Waals surface area contributed by atoms with E-state index in [4.69, 9.17) is 24.2 Å². The lowest BCUT2D eigenvalue weighted by Gasteiger charge is -2.28. The monoisotopic (exact) mass is 408 g/mol. The normalized spacial score (nSPS) is 23.0. The van der Waals surface area contributed by atoms with E-state index >= 15 is 0 Å². The second-order valence-electron chi connectivity index (χ2n) is 6.72. The lowest BCUT2D eigenvalue weighted by atomic mass is 9.93. The Morgan fingerprint density at radius 2 is 1.92 bits per heavy atom. The second-order valence-corrected chi connectivity index (χ2v) is 7.57. The van der Waals surface area contributed by atoms with Gasteiger partial charge in [0.1, 0.15) is 12.1 Å². The van der Waals surface area contributed by atoms with Gasteiger partial charge >= 0.3 is 0 Å². The lowest BCUT2D eigenvalue weighted by molar-refractivity contribution is 0.110. The molecule has 0 saturated carbocycles. The molecule has 2 heterocycles. The van der Waals surface area contributed by atoms with Crippen molar-refractivity contribution in [2.45, 2.75) is 45.4 Å². The van der Waals surface area contributed by atoms with Crippen LogP contribution in [-0.2, 0) is 33.7 Å². The zero-order valence-electron chi connectivity index (χ0n) is 15.2. The van der Waals surface area contributed by atoms with E-state index in [0.717, 1.165) is 23.9 Å². The Labute approximate surface area is 157 Å². The molecule has 2 aliphatic heterocycles. The molecule has 6 heteroatoms. The Kier molecular flexibility index (Phi) is 5.79. The van der Waals surface area contributed by atoms with Crippen LogP contribution >= 0.6 is 15.9 Å². The first kappa shape index (κ1) is 18.4. The fourth-order valence-corrected chi connectivity index (χ4v) is 3.97. The van der Waals surface area contributed by atoms with Crippen molar-refractivity contribution in [1.29, 1.82) is 0 Å². The largest absolute Gasteiger partial charge is 0.483 e. The highest BCUT2D eigenvalue weighted by atomic mass is 79.9. The van der Waals surface area contributed by atoms with E-state index in [0.29, 0.717) is 24.3 Å². The molecule has 5 nitrogen and oxygen atoms in total. The minimum Gasteiger partial charge on any atom is -0.483 e. The first-order valence-corrected chi connectivity index (χ1v) is 9.44. The Hall–Kier alpha value is -1.40. The maximum atomic E-state index is 5.68. The minimum atomic E-state index is -0.165. The molecule has 0 unspecified atom stereocenters. The van der Waals surface area contributed by atoms with Crippen LogP contribution in [0.1, 0.15) is 30.5 Å². The molecule has 0 aromatic heterocycles. The van der Waals surface area contributed by atoms with E-state index < -0.39 is 0 Å². The number of aliphatic imine (C=N–C) groups is 2.